The molecule has 1 N–H and O–H groups in total. The van der Waals surface area contributed by atoms with Crippen LogP contribution in [-0.2, 0) is 0 Å². The zero-order chi connectivity index (χ0) is 11.4. The molecular weight excluding hydrogens is 266 g/mol. The van der Waals surface area contributed by atoms with Crippen LogP contribution < -0.4 is 10.2 Å². The smallest absolute Gasteiger partial charge is 0.0592 e. The Kier molecular flexibility index (Phi) is 4.18. The van der Waals surface area contributed by atoms with Crippen LogP contribution in [0.4, 0.5) is 5.69 Å². The third-order valence-electron chi connectivity index (χ3n) is 3.10. The molecule has 16 heavy (non-hydrogen) atoms. The van der Waals surface area contributed by atoms with Crippen LogP contribution in [-0.4, -0.2) is 31.7 Å². The summed E-state index contributed by atoms with van der Waals surface area (Å²) in [6.07, 6.45) is 6.35. The van der Waals surface area contributed by atoms with Crippen molar-refractivity contribution in [2.45, 2.75) is 12.8 Å². The first-order valence-corrected chi connectivity index (χ1v) is 6.59. The van der Waals surface area contributed by atoms with Crippen molar-refractivity contribution in [3.8, 4) is 0 Å². The Morgan fingerprint density at radius 2 is 2.50 bits per heavy atom. The molecule has 1 atom stereocenters. The van der Waals surface area contributed by atoms with Gasteiger partial charge in [0.05, 0.1) is 10.2 Å². The van der Waals surface area contributed by atoms with Gasteiger partial charge in [-0.3, -0.25) is 4.98 Å². The molecule has 0 spiro atoms. The largest absolute Gasteiger partial charge is 0.370 e. The maximum absolute atomic E-state index is 4.11. The summed E-state index contributed by atoms with van der Waals surface area (Å²) >= 11 is 3.57. The Balaban J connectivity index is 2.07. The quantitative estimate of drug-likeness (QED) is 0.923. The van der Waals surface area contributed by atoms with Crippen molar-refractivity contribution < 1.29 is 0 Å². The minimum Gasteiger partial charge on any atom is -0.370 e. The van der Waals surface area contributed by atoms with Crippen molar-refractivity contribution in [3.63, 3.8) is 0 Å². The molecule has 88 valence electrons. The van der Waals surface area contributed by atoms with E-state index in [-0.39, 0.29) is 0 Å². The van der Waals surface area contributed by atoms with Crippen molar-refractivity contribution in [2.75, 3.05) is 31.6 Å². The van der Waals surface area contributed by atoms with Gasteiger partial charge < -0.3 is 10.2 Å². The molecule has 0 amide bonds. The average Bonchev–Trinajstić information content (AvgIpc) is 2.30. The molecule has 4 heteroatoms. The molecule has 1 unspecified atom stereocenters. The van der Waals surface area contributed by atoms with E-state index < -0.39 is 0 Å². The second-order valence-electron chi connectivity index (χ2n) is 4.34. The first-order chi connectivity index (χ1) is 7.81. The molecule has 1 aliphatic heterocycles. The SMILES string of the molecule is CNCC1CCCN(c2ccncc2Br)C1. The molecule has 1 saturated heterocycles. The highest BCUT2D eigenvalue weighted by Crippen LogP contribution is 2.28. The second kappa shape index (κ2) is 5.64. The van der Waals surface area contributed by atoms with E-state index in [0.717, 1.165) is 30.0 Å². The van der Waals surface area contributed by atoms with E-state index in [1.807, 2.05) is 19.4 Å². The Bertz CT molecular complexity index is 341. The summed E-state index contributed by atoms with van der Waals surface area (Å²) in [4.78, 5) is 6.56. The van der Waals surface area contributed by atoms with Crippen LogP contribution >= 0.6 is 15.9 Å². The summed E-state index contributed by atoms with van der Waals surface area (Å²) in [5, 5.41) is 3.27. The molecule has 2 heterocycles. The molecule has 0 aliphatic carbocycles. The number of aromatic nitrogens is 1. The lowest BCUT2D eigenvalue weighted by Gasteiger charge is -2.34. The number of hydrogen-bond donors (Lipinski definition) is 1. The monoisotopic (exact) mass is 283 g/mol. The second-order valence-corrected chi connectivity index (χ2v) is 5.19. The fourth-order valence-electron chi connectivity index (χ4n) is 2.36. The van der Waals surface area contributed by atoms with Crippen LogP contribution in [0.2, 0.25) is 0 Å². The zero-order valence-electron chi connectivity index (χ0n) is 9.62. The van der Waals surface area contributed by atoms with Crippen LogP contribution in [0, 0.1) is 5.92 Å². The van der Waals surface area contributed by atoms with Crippen molar-refractivity contribution in [2.24, 2.45) is 5.92 Å². The summed E-state index contributed by atoms with van der Waals surface area (Å²) in [5.41, 5.74) is 1.27. The number of nitrogens with zero attached hydrogens (tertiary/aromatic N) is 2. The lowest BCUT2D eigenvalue weighted by molar-refractivity contribution is 0.402. The lowest BCUT2D eigenvalue weighted by Crippen LogP contribution is -2.39. The van der Waals surface area contributed by atoms with Gasteiger partial charge in [0.2, 0.25) is 0 Å². The van der Waals surface area contributed by atoms with Crippen LogP contribution in [0.25, 0.3) is 0 Å². The first-order valence-electron chi connectivity index (χ1n) is 5.80. The van der Waals surface area contributed by atoms with Gasteiger partial charge in [-0.1, -0.05) is 0 Å². The van der Waals surface area contributed by atoms with E-state index in [1.54, 1.807) is 0 Å². The summed E-state index contributed by atoms with van der Waals surface area (Å²) in [6.45, 7) is 3.41. The fourth-order valence-corrected chi connectivity index (χ4v) is 2.86. The molecule has 1 aromatic rings. The summed E-state index contributed by atoms with van der Waals surface area (Å²) < 4.78 is 1.10. The van der Waals surface area contributed by atoms with Gasteiger partial charge in [-0.25, -0.2) is 0 Å². The number of rotatable bonds is 3. The number of halogens is 1. The minimum atomic E-state index is 0.763. The molecule has 1 aliphatic rings. The van der Waals surface area contributed by atoms with Crippen LogP contribution in [0.15, 0.2) is 22.9 Å². The summed E-state index contributed by atoms with van der Waals surface area (Å²) in [5.74, 6) is 0.763. The maximum Gasteiger partial charge on any atom is 0.0592 e. The normalized spacial score (nSPS) is 21.1. The van der Waals surface area contributed by atoms with E-state index >= 15 is 0 Å². The number of pyridine rings is 1. The van der Waals surface area contributed by atoms with Gasteiger partial charge in [0.1, 0.15) is 0 Å². The first kappa shape index (κ1) is 11.9. The van der Waals surface area contributed by atoms with Crippen LogP contribution in [0.5, 0.6) is 0 Å². The fraction of sp³-hybridized carbons (Fsp3) is 0.583. The lowest BCUT2D eigenvalue weighted by atomic mass is 9.97. The Hall–Kier alpha value is -0.610. The molecule has 0 bridgehead atoms. The Labute approximate surface area is 105 Å². The van der Waals surface area contributed by atoms with Gasteiger partial charge in [-0.2, -0.15) is 0 Å². The minimum absolute atomic E-state index is 0.763. The van der Waals surface area contributed by atoms with Gasteiger partial charge in [0.25, 0.3) is 0 Å². The molecule has 1 fully saturated rings. The number of piperidine rings is 1. The van der Waals surface area contributed by atoms with E-state index in [9.17, 15) is 0 Å². The number of nitrogens with one attached hydrogen (secondary N) is 1. The van der Waals surface area contributed by atoms with Crippen molar-refractivity contribution >= 4 is 21.6 Å². The maximum atomic E-state index is 4.11. The third-order valence-corrected chi connectivity index (χ3v) is 3.71. The van der Waals surface area contributed by atoms with Crippen molar-refractivity contribution in [1.82, 2.24) is 10.3 Å². The molecule has 0 saturated carbocycles. The summed E-state index contributed by atoms with van der Waals surface area (Å²) in [7, 11) is 2.03. The van der Waals surface area contributed by atoms with Crippen molar-refractivity contribution in [3.05, 3.63) is 22.9 Å². The van der Waals surface area contributed by atoms with E-state index in [2.05, 4.69) is 37.2 Å². The van der Waals surface area contributed by atoms with Crippen molar-refractivity contribution in [1.29, 1.82) is 0 Å². The summed E-state index contributed by atoms with van der Waals surface area (Å²) in [6, 6.07) is 2.09. The Morgan fingerprint density at radius 3 is 3.25 bits per heavy atom. The highest BCUT2D eigenvalue weighted by molar-refractivity contribution is 9.10. The molecular formula is C12H18BrN3. The molecule has 3 nitrogen and oxygen atoms in total. The van der Waals surface area contributed by atoms with Gasteiger partial charge in [0.15, 0.2) is 0 Å². The van der Waals surface area contributed by atoms with Gasteiger partial charge >= 0.3 is 0 Å². The molecule has 2 rings (SSSR count). The highest BCUT2D eigenvalue weighted by Gasteiger charge is 2.20. The predicted molar refractivity (Wildman–Crippen MR) is 70.8 cm³/mol. The average molecular weight is 284 g/mol. The van der Waals surface area contributed by atoms with E-state index in [1.165, 1.54) is 18.5 Å². The highest BCUT2D eigenvalue weighted by atomic mass is 79.9. The molecule has 0 radical (unpaired) electrons. The number of anilines is 1. The van der Waals surface area contributed by atoms with Gasteiger partial charge in [-0.15, -0.1) is 0 Å². The topological polar surface area (TPSA) is 28.2 Å². The Morgan fingerprint density at radius 1 is 1.62 bits per heavy atom. The molecule has 0 aromatic carbocycles. The van der Waals surface area contributed by atoms with Gasteiger partial charge in [0, 0.05) is 25.5 Å². The predicted octanol–water partition coefficient (Wildman–Crippen LogP) is 2.28. The van der Waals surface area contributed by atoms with E-state index in [4.69, 9.17) is 0 Å². The van der Waals surface area contributed by atoms with Gasteiger partial charge in [-0.05, 0) is 54.3 Å². The van der Waals surface area contributed by atoms with Crippen LogP contribution in [0.1, 0.15) is 12.8 Å². The standard InChI is InChI=1S/C12H18BrN3/c1-14-7-10-3-2-6-16(9-10)12-4-5-15-8-11(12)13/h4-5,8,10,14H,2-3,6-7,9H2,1H3. The molecule has 1 aromatic heterocycles. The third kappa shape index (κ3) is 2.74. The zero-order valence-corrected chi connectivity index (χ0v) is 11.2. The van der Waals surface area contributed by atoms with E-state index in [0.29, 0.717) is 0 Å². The van der Waals surface area contributed by atoms with Crippen LogP contribution in [0.3, 0.4) is 0 Å². The number of hydrogen-bond acceptors (Lipinski definition) is 3.